The largest absolute Gasteiger partial charge is 0.317 e. The number of fused-ring (bicyclic) bond motifs is 1. The topological polar surface area (TPSA) is 21.1 Å². The molecule has 3 nitrogen and oxygen atoms in total. The summed E-state index contributed by atoms with van der Waals surface area (Å²) in [4.78, 5) is 6.75. The number of imidazole rings is 1. The van der Waals surface area contributed by atoms with Crippen LogP contribution in [-0.4, -0.2) is 27.5 Å². The number of aromatic nitrogens is 2. The Morgan fingerprint density at radius 3 is 2.67 bits per heavy atom. The van der Waals surface area contributed by atoms with Gasteiger partial charge in [0.15, 0.2) is 0 Å². The fourth-order valence-corrected chi connectivity index (χ4v) is 1.76. The van der Waals surface area contributed by atoms with Gasteiger partial charge in [-0.2, -0.15) is 0 Å². The summed E-state index contributed by atoms with van der Waals surface area (Å²) in [7, 11) is 0. The van der Waals surface area contributed by atoms with E-state index in [1.54, 1.807) is 0 Å². The molecule has 0 N–H and O–H groups in total. The molecule has 3 heteroatoms. The van der Waals surface area contributed by atoms with E-state index in [0.29, 0.717) is 0 Å². The molecular weight excluding hydrogens is 186 g/mol. The zero-order valence-corrected chi connectivity index (χ0v) is 9.35. The fraction of sp³-hybridized carbons (Fsp3) is 0.417. The van der Waals surface area contributed by atoms with Gasteiger partial charge in [0.1, 0.15) is 0 Å². The molecule has 2 rings (SSSR count). The third-order valence-corrected chi connectivity index (χ3v) is 2.77. The third kappa shape index (κ3) is 2.02. The minimum Gasteiger partial charge on any atom is -0.317 e. The first-order valence-corrected chi connectivity index (χ1v) is 5.47. The van der Waals surface area contributed by atoms with Gasteiger partial charge >= 0.3 is 0 Å². The Kier molecular flexibility index (Phi) is 3.02. The molecule has 0 amide bonds. The van der Waals surface area contributed by atoms with Crippen LogP contribution in [0.25, 0.3) is 11.0 Å². The van der Waals surface area contributed by atoms with Gasteiger partial charge < -0.3 is 4.57 Å². The summed E-state index contributed by atoms with van der Waals surface area (Å²) in [5.74, 6) is 0. The zero-order chi connectivity index (χ0) is 10.7. The monoisotopic (exact) mass is 203 g/mol. The molecule has 1 aromatic carbocycles. The van der Waals surface area contributed by atoms with Crippen LogP contribution in [0.1, 0.15) is 13.8 Å². The maximum absolute atomic E-state index is 4.38. The van der Waals surface area contributed by atoms with E-state index < -0.39 is 0 Å². The number of nitrogens with zero attached hydrogens (tertiary/aromatic N) is 3. The van der Waals surface area contributed by atoms with Crippen molar-refractivity contribution >= 4 is 11.0 Å². The molecule has 0 atom stereocenters. The van der Waals surface area contributed by atoms with E-state index in [2.05, 4.69) is 40.4 Å². The molecule has 0 radical (unpaired) electrons. The summed E-state index contributed by atoms with van der Waals surface area (Å²) in [6.07, 6.45) is 1.92. The van der Waals surface area contributed by atoms with Crippen LogP contribution < -0.4 is 0 Å². The lowest BCUT2D eigenvalue weighted by atomic mass is 10.3. The average Bonchev–Trinajstić information content (AvgIpc) is 2.69. The maximum Gasteiger partial charge on any atom is 0.0969 e. The summed E-state index contributed by atoms with van der Waals surface area (Å²) >= 11 is 0. The van der Waals surface area contributed by atoms with Crippen molar-refractivity contribution in [1.29, 1.82) is 0 Å². The molecule has 0 spiro atoms. The Morgan fingerprint density at radius 2 is 1.93 bits per heavy atom. The summed E-state index contributed by atoms with van der Waals surface area (Å²) < 4.78 is 2.20. The highest BCUT2D eigenvalue weighted by Gasteiger charge is 2.04. The Balaban J connectivity index is 2.28. The van der Waals surface area contributed by atoms with Gasteiger partial charge in [0.25, 0.3) is 0 Å². The SMILES string of the molecule is CCN(CC)Cn1cnc2ccccc21. The Morgan fingerprint density at radius 1 is 1.20 bits per heavy atom. The van der Waals surface area contributed by atoms with E-state index in [4.69, 9.17) is 0 Å². The first-order chi connectivity index (χ1) is 7.35. The van der Waals surface area contributed by atoms with Crippen molar-refractivity contribution < 1.29 is 0 Å². The van der Waals surface area contributed by atoms with Crippen molar-refractivity contribution in [2.75, 3.05) is 13.1 Å². The number of benzene rings is 1. The Labute approximate surface area is 90.3 Å². The molecule has 1 heterocycles. The minimum atomic E-state index is 0.924. The van der Waals surface area contributed by atoms with Crippen molar-refractivity contribution in [3.8, 4) is 0 Å². The van der Waals surface area contributed by atoms with Crippen LogP contribution in [0.4, 0.5) is 0 Å². The second-order valence-corrected chi connectivity index (χ2v) is 3.65. The van der Waals surface area contributed by atoms with Gasteiger partial charge in [-0.3, -0.25) is 4.90 Å². The van der Waals surface area contributed by atoms with Crippen LogP contribution >= 0.6 is 0 Å². The van der Waals surface area contributed by atoms with Crippen molar-refractivity contribution in [1.82, 2.24) is 14.5 Å². The van der Waals surface area contributed by atoms with Crippen LogP contribution in [0.15, 0.2) is 30.6 Å². The maximum atomic E-state index is 4.38. The van der Waals surface area contributed by atoms with Gasteiger partial charge in [0, 0.05) is 0 Å². The number of para-hydroxylation sites is 2. The Bertz CT molecular complexity index is 429. The van der Waals surface area contributed by atoms with Crippen LogP contribution in [0.2, 0.25) is 0 Å². The van der Waals surface area contributed by atoms with Crippen molar-refractivity contribution in [3.63, 3.8) is 0 Å². The molecule has 0 saturated carbocycles. The molecule has 80 valence electrons. The number of hydrogen-bond acceptors (Lipinski definition) is 2. The van der Waals surface area contributed by atoms with Crippen molar-refractivity contribution in [3.05, 3.63) is 30.6 Å². The molecule has 0 aliphatic heterocycles. The van der Waals surface area contributed by atoms with Crippen molar-refractivity contribution in [2.45, 2.75) is 20.5 Å². The highest BCUT2D eigenvalue weighted by Crippen LogP contribution is 2.12. The van der Waals surface area contributed by atoms with E-state index >= 15 is 0 Å². The fourth-order valence-electron chi connectivity index (χ4n) is 1.76. The first-order valence-electron chi connectivity index (χ1n) is 5.47. The quantitative estimate of drug-likeness (QED) is 0.760. The smallest absolute Gasteiger partial charge is 0.0969 e. The number of hydrogen-bond donors (Lipinski definition) is 0. The normalized spacial score (nSPS) is 11.4. The van der Waals surface area contributed by atoms with E-state index in [1.807, 2.05) is 18.5 Å². The van der Waals surface area contributed by atoms with Crippen LogP contribution in [0.5, 0.6) is 0 Å². The van der Waals surface area contributed by atoms with E-state index in [9.17, 15) is 0 Å². The molecule has 0 saturated heterocycles. The molecule has 15 heavy (non-hydrogen) atoms. The predicted octanol–water partition coefficient (Wildman–Crippen LogP) is 2.34. The third-order valence-electron chi connectivity index (χ3n) is 2.77. The van der Waals surface area contributed by atoms with Crippen LogP contribution in [0, 0.1) is 0 Å². The molecule has 2 aromatic rings. The van der Waals surface area contributed by atoms with Crippen LogP contribution in [0.3, 0.4) is 0 Å². The minimum absolute atomic E-state index is 0.924. The summed E-state index contributed by atoms with van der Waals surface area (Å²) in [5.41, 5.74) is 2.29. The first kappa shape index (κ1) is 10.2. The van der Waals surface area contributed by atoms with Gasteiger partial charge in [-0.05, 0) is 25.2 Å². The van der Waals surface area contributed by atoms with Gasteiger partial charge in [0.05, 0.1) is 24.0 Å². The van der Waals surface area contributed by atoms with Crippen molar-refractivity contribution in [2.24, 2.45) is 0 Å². The zero-order valence-electron chi connectivity index (χ0n) is 9.35. The molecular formula is C12H17N3. The van der Waals surface area contributed by atoms with Gasteiger partial charge in [-0.25, -0.2) is 4.98 Å². The molecule has 0 aliphatic rings. The standard InChI is InChI=1S/C12H17N3/c1-3-14(4-2)10-15-9-13-11-7-5-6-8-12(11)15/h5-9H,3-4,10H2,1-2H3. The summed E-state index contributed by atoms with van der Waals surface area (Å²) in [6.45, 7) is 7.44. The predicted molar refractivity (Wildman–Crippen MR) is 62.7 cm³/mol. The molecule has 1 aromatic heterocycles. The lowest BCUT2D eigenvalue weighted by Crippen LogP contribution is -2.25. The highest BCUT2D eigenvalue weighted by molar-refractivity contribution is 5.74. The summed E-state index contributed by atoms with van der Waals surface area (Å²) in [6, 6.07) is 8.25. The van der Waals surface area contributed by atoms with E-state index in [0.717, 1.165) is 25.3 Å². The van der Waals surface area contributed by atoms with E-state index in [1.165, 1.54) is 5.52 Å². The lowest BCUT2D eigenvalue weighted by molar-refractivity contribution is 0.245. The lowest BCUT2D eigenvalue weighted by Gasteiger charge is -2.18. The Hall–Kier alpha value is -1.35. The van der Waals surface area contributed by atoms with Gasteiger partial charge in [-0.15, -0.1) is 0 Å². The van der Waals surface area contributed by atoms with Crippen LogP contribution in [-0.2, 0) is 6.67 Å². The average molecular weight is 203 g/mol. The van der Waals surface area contributed by atoms with Gasteiger partial charge in [0.2, 0.25) is 0 Å². The molecule has 0 bridgehead atoms. The second-order valence-electron chi connectivity index (χ2n) is 3.65. The molecule has 0 unspecified atom stereocenters. The highest BCUT2D eigenvalue weighted by atomic mass is 15.2. The number of rotatable bonds is 4. The van der Waals surface area contributed by atoms with E-state index in [-0.39, 0.29) is 0 Å². The summed E-state index contributed by atoms with van der Waals surface area (Å²) in [5, 5.41) is 0. The molecule has 0 aliphatic carbocycles. The molecule has 0 fully saturated rings. The van der Waals surface area contributed by atoms with Gasteiger partial charge in [-0.1, -0.05) is 26.0 Å². The second kappa shape index (κ2) is 4.45.